The zero-order chi connectivity index (χ0) is 20.8. The number of carbonyl (C=O) groups is 2. The van der Waals surface area contributed by atoms with Gasteiger partial charge in [-0.15, -0.1) is 0 Å². The minimum absolute atomic E-state index is 0.0328. The molecule has 0 spiro atoms. The normalized spacial score (nSPS) is 46.2. The molecule has 8 atom stereocenters. The molecular weight excluding hydrogens is 364 g/mol. The van der Waals surface area contributed by atoms with E-state index in [2.05, 4.69) is 13.8 Å². The zero-order valence-electron chi connectivity index (χ0n) is 18.9. The van der Waals surface area contributed by atoms with Crippen molar-refractivity contribution in [3.05, 3.63) is 0 Å². The topological polar surface area (TPSA) is 52.6 Å². The van der Waals surface area contributed by atoms with E-state index in [-0.39, 0.29) is 29.6 Å². The van der Waals surface area contributed by atoms with Gasteiger partial charge in [-0.2, -0.15) is 0 Å². The van der Waals surface area contributed by atoms with E-state index in [9.17, 15) is 9.59 Å². The van der Waals surface area contributed by atoms with Crippen LogP contribution in [0.1, 0.15) is 98.3 Å². The maximum Gasteiger partial charge on any atom is 0.305 e. The molecule has 0 aromatic carbocycles. The van der Waals surface area contributed by atoms with Crippen molar-refractivity contribution < 1.29 is 19.1 Å². The minimum atomic E-state index is -0.0423. The Morgan fingerprint density at radius 1 is 0.793 bits per heavy atom. The molecule has 164 valence electrons. The SMILES string of the molecule is CCC(=O)O[C@H]1CC[C@@]2(C)C(CC[C@H]3[C@@H]4CC[C@H](OC(=O)CC)[C@@]4(C)CC[C@@H]32)C1. The third-order valence-electron chi connectivity index (χ3n) is 9.68. The highest BCUT2D eigenvalue weighted by Gasteiger charge is 2.61. The monoisotopic (exact) mass is 404 g/mol. The molecule has 0 amide bonds. The van der Waals surface area contributed by atoms with E-state index in [0.29, 0.717) is 30.1 Å². The molecule has 0 aromatic rings. The fourth-order valence-corrected chi connectivity index (χ4v) is 7.98. The standard InChI is InChI=1S/C25H40O4/c1-5-22(26)28-17-11-13-24(3)16(15-17)7-8-18-19-9-10-21(29-23(27)6-2)25(19,4)14-12-20(18)24/h16-21H,5-15H2,1-4H3/t16?,17-,18-,19-,20-,21-,24-,25-/m0/s1. The maximum atomic E-state index is 12.0. The number of hydrogen-bond donors (Lipinski definition) is 0. The van der Waals surface area contributed by atoms with Crippen molar-refractivity contribution in [2.75, 3.05) is 0 Å². The summed E-state index contributed by atoms with van der Waals surface area (Å²) in [5, 5.41) is 0. The van der Waals surface area contributed by atoms with Crippen LogP contribution >= 0.6 is 0 Å². The minimum Gasteiger partial charge on any atom is -0.462 e. The van der Waals surface area contributed by atoms with Gasteiger partial charge in [0.1, 0.15) is 12.2 Å². The Balaban J connectivity index is 1.47. The molecular formula is C25H40O4. The van der Waals surface area contributed by atoms with Crippen molar-refractivity contribution in [2.24, 2.45) is 34.5 Å². The van der Waals surface area contributed by atoms with Crippen molar-refractivity contribution in [1.82, 2.24) is 0 Å². The Morgan fingerprint density at radius 2 is 1.45 bits per heavy atom. The van der Waals surface area contributed by atoms with E-state index in [1.165, 1.54) is 38.5 Å². The fourth-order valence-electron chi connectivity index (χ4n) is 7.98. The van der Waals surface area contributed by atoms with Gasteiger partial charge in [0, 0.05) is 18.3 Å². The van der Waals surface area contributed by atoms with Crippen LogP contribution in [0.25, 0.3) is 0 Å². The van der Waals surface area contributed by atoms with Crippen LogP contribution in [-0.4, -0.2) is 24.1 Å². The van der Waals surface area contributed by atoms with Gasteiger partial charge >= 0.3 is 11.9 Å². The third kappa shape index (κ3) is 3.53. The molecule has 0 radical (unpaired) electrons. The number of rotatable bonds is 4. The lowest BCUT2D eigenvalue weighted by molar-refractivity contribution is -0.169. The van der Waals surface area contributed by atoms with Gasteiger partial charge in [0.05, 0.1) is 0 Å². The average molecular weight is 405 g/mol. The Kier molecular flexibility index (Phi) is 5.76. The van der Waals surface area contributed by atoms with Gasteiger partial charge in [-0.3, -0.25) is 9.59 Å². The van der Waals surface area contributed by atoms with Crippen molar-refractivity contribution >= 4 is 11.9 Å². The molecule has 4 fully saturated rings. The van der Waals surface area contributed by atoms with Gasteiger partial charge in [-0.25, -0.2) is 0 Å². The first kappa shape index (κ1) is 21.2. The Morgan fingerprint density at radius 3 is 2.17 bits per heavy atom. The lowest BCUT2D eigenvalue weighted by atomic mass is 9.45. The lowest BCUT2D eigenvalue weighted by Crippen LogP contribution is -2.54. The third-order valence-corrected chi connectivity index (χ3v) is 9.68. The highest BCUT2D eigenvalue weighted by atomic mass is 16.5. The molecule has 4 rings (SSSR count). The summed E-state index contributed by atoms with van der Waals surface area (Å²) >= 11 is 0. The molecule has 4 heteroatoms. The van der Waals surface area contributed by atoms with Crippen LogP contribution in [0.3, 0.4) is 0 Å². The quantitative estimate of drug-likeness (QED) is 0.566. The lowest BCUT2D eigenvalue weighted by Gasteiger charge is -2.60. The van der Waals surface area contributed by atoms with Crippen LogP contribution < -0.4 is 0 Å². The smallest absolute Gasteiger partial charge is 0.305 e. The highest BCUT2D eigenvalue weighted by molar-refractivity contribution is 5.69. The van der Waals surface area contributed by atoms with Crippen LogP contribution in [0, 0.1) is 34.5 Å². The van der Waals surface area contributed by atoms with E-state index in [0.717, 1.165) is 31.1 Å². The number of ether oxygens (including phenoxy) is 2. The molecule has 0 heterocycles. The summed E-state index contributed by atoms with van der Waals surface area (Å²) < 4.78 is 11.6. The molecule has 1 unspecified atom stereocenters. The molecule has 4 saturated carbocycles. The summed E-state index contributed by atoms with van der Waals surface area (Å²) in [6.07, 6.45) is 11.8. The Labute approximate surface area is 176 Å². The summed E-state index contributed by atoms with van der Waals surface area (Å²) in [6.45, 7) is 8.72. The van der Waals surface area contributed by atoms with E-state index in [1.54, 1.807) is 0 Å². The zero-order valence-corrected chi connectivity index (χ0v) is 18.9. The highest BCUT2D eigenvalue weighted by Crippen LogP contribution is 2.66. The van der Waals surface area contributed by atoms with E-state index >= 15 is 0 Å². The van der Waals surface area contributed by atoms with Gasteiger partial charge in [-0.1, -0.05) is 27.7 Å². The van der Waals surface area contributed by atoms with Gasteiger partial charge in [0.2, 0.25) is 0 Å². The van der Waals surface area contributed by atoms with Crippen molar-refractivity contribution in [3.63, 3.8) is 0 Å². The van der Waals surface area contributed by atoms with Crippen molar-refractivity contribution in [1.29, 1.82) is 0 Å². The summed E-state index contributed by atoms with van der Waals surface area (Å²) in [6, 6.07) is 0. The predicted octanol–water partition coefficient (Wildman–Crippen LogP) is 5.67. The Hall–Kier alpha value is -1.06. The van der Waals surface area contributed by atoms with E-state index < -0.39 is 0 Å². The molecule has 0 aliphatic heterocycles. The van der Waals surface area contributed by atoms with Crippen LogP contribution in [0.2, 0.25) is 0 Å². The predicted molar refractivity (Wildman–Crippen MR) is 112 cm³/mol. The number of esters is 2. The number of hydrogen-bond acceptors (Lipinski definition) is 4. The van der Waals surface area contributed by atoms with Crippen LogP contribution in [0.5, 0.6) is 0 Å². The molecule has 4 aliphatic rings. The molecule has 4 nitrogen and oxygen atoms in total. The Bertz CT molecular complexity index is 645. The van der Waals surface area contributed by atoms with Gasteiger partial charge in [-0.05, 0) is 86.9 Å². The maximum absolute atomic E-state index is 12.0. The first-order valence-electron chi connectivity index (χ1n) is 12.2. The fraction of sp³-hybridized carbons (Fsp3) is 0.920. The molecule has 0 bridgehead atoms. The second-order valence-corrected chi connectivity index (χ2v) is 10.9. The van der Waals surface area contributed by atoms with Crippen LogP contribution in [0.4, 0.5) is 0 Å². The van der Waals surface area contributed by atoms with Crippen LogP contribution in [-0.2, 0) is 19.1 Å². The second kappa shape index (κ2) is 7.89. The van der Waals surface area contributed by atoms with E-state index in [4.69, 9.17) is 9.47 Å². The number of carbonyl (C=O) groups excluding carboxylic acids is 2. The summed E-state index contributed by atoms with van der Waals surface area (Å²) in [7, 11) is 0. The van der Waals surface area contributed by atoms with Gasteiger partial charge < -0.3 is 9.47 Å². The molecule has 0 saturated heterocycles. The summed E-state index contributed by atoms with van der Waals surface area (Å²) in [5.74, 6) is 2.86. The van der Waals surface area contributed by atoms with E-state index in [1.807, 2.05) is 13.8 Å². The van der Waals surface area contributed by atoms with Gasteiger partial charge in [0.15, 0.2) is 0 Å². The van der Waals surface area contributed by atoms with Crippen LogP contribution in [0.15, 0.2) is 0 Å². The number of fused-ring (bicyclic) bond motifs is 5. The first-order chi connectivity index (χ1) is 13.8. The first-order valence-corrected chi connectivity index (χ1v) is 12.2. The summed E-state index contributed by atoms with van der Waals surface area (Å²) in [4.78, 5) is 23.8. The average Bonchev–Trinajstić information content (AvgIpc) is 3.04. The summed E-state index contributed by atoms with van der Waals surface area (Å²) in [5.41, 5.74) is 0.556. The van der Waals surface area contributed by atoms with Crippen molar-refractivity contribution in [3.8, 4) is 0 Å². The van der Waals surface area contributed by atoms with Gasteiger partial charge in [0.25, 0.3) is 0 Å². The molecule has 0 N–H and O–H groups in total. The van der Waals surface area contributed by atoms with Crippen molar-refractivity contribution in [2.45, 2.75) is 111 Å². The largest absolute Gasteiger partial charge is 0.462 e. The molecule has 4 aliphatic carbocycles. The molecule has 0 aromatic heterocycles. The second-order valence-electron chi connectivity index (χ2n) is 10.9. The molecule has 29 heavy (non-hydrogen) atoms.